The lowest BCUT2D eigenvalue weighted by Gasteiger charge is -2.42. The molecule has 7 heteroatoms. The van der Waals surface area contributed by atoms with Crippen LogP contribution in [-0.4, -0.2) is 50.7 Å². The highest BCUT2D eigenvalue weighted by Crippen LogP contribution is 2.43. The van der Waals surface area contributed by atoms with Crippen LogP contribution in [0.3, 0.4) is 0 Å². The van der Waals surface area contributed by atoms with Crippen molar-refractivity contribution in [1.82, 2.24) is 15.6 Å². The fourth-order valence-electron chi connectivity index (χ4n) is 3.11. The van der Waals surface area contributed by atoms with Crippen LogP contribution in [0.4, 0.5) is 5.82 Å². The Morgan fingerprint density at radius 2 is 2.15 bits per heavy atom. The maximum absolute atomic E-state index is 12.0. The first-order chi connectivity index (χ1) is 12.6. The fraction of sp³-hybridized carbons (Fsp3) is 0.632. The van der Waals surface area contributed by atoms with Gasteiger partial charge in [-0.15, -0.1) is 0 Å². The fourth-order valence-corrected chi connectivity index (χ4v) is 3.11. The van der Waals surface area contributed by atoms with Crippen LogP contribution in [-0.2, 0) is 9.53 Å². The third-order valence-electron chi connectivity index (χ3n) is 4.91. The molecule has 3 N–H and O–H groups in total. The summed E-state index contributed by atoms with van der Waals surface area (Å²) in [7, 11) is 3.49. The summed E-state index contributed by atoms with van der Waals surface area (Å²) >= 11 is 0. The number of carbonyl (C=O) groups excluding carboxylic acids is 1. The summed E-state index contributed by atoms with van der Waals surface area (Å²) in [6.07, 6.45) is 5.16. The first-order valence-electron chi connectivity index (χ1n) is 9.24. The molecule has 1 fully saturated rings. The Morgan fingerprint density at radius 1 is 1.35 bits per heavy atom. The molecule has 0 aromatic carbocycles. The molecular weight excluding hydrogens is 330 g/mol. The number of nitrogens with one attached hydrogen (secondary N) is 3. The Hall–Kier alpha value is -2.15. The predicted octanol–water partition coefficient (Wildman–Crippen LogP) is 2.09. The van der Waals surface area contributed by atoms with Gasteiger partial charge in [0.1, 0.15) is 5.82 Å². The van der Waals surface area contributed by atoms with Crippen molar-refractivity contribution in [3.63, 3.8) is 0 Å². The van der Waals surface area contributed by atoms with Crippen LogP contribution in [0.15, 0.2) is 23.2 Å². The second kappa shape index (κ2) is 10.1. The highest BCUT2D eigenvalue weighted by Gasteiger charge is 2.36. The minimum atomic E-state index is -0.0680. The van der Waals surface area contributed by atoms with Crippen molar-refractivity contribution in [2.24, 2.45) is 10.4 Å². The molecule has 0 spiro atoms. The zero-order chi connectivity index (χ0) is 18.8. The van der Waals surface area contributed by atoms with Gasteiger partial charge in [-0.3, -0.25) is 9.79 Å². The van der Waals surface area contributed by atoms with Gasteiger partial charge in [0.25, 0.3) is 0 Å². The van der Waals surface area contributed by atoms with Gasteiger partial charge in [0.15, 0.2) is 5.96 Å². The quantitative estimate of drug-likeness (QED) is 0.463. The Kier molecular flexibility index (Phi) is 7.84. The summed E-state index contributed by atoms with van der Waals surface area (Å²) in [5.41, 5.74) is 1.20. The minimum Gasteiger partial charge on any atom is -0.385 e. The number of methoxy groups -OCH3 is 1. The van der Waals surface area contributed by atoms with Crippen LogP contribution < -0.4 is 16.0 Å². The Labute approximate surface area is 156 Å². The molecule has 144 valence electrons. The summed E-state index contributed by atoms with van der Waals surface area (Å²) in [6.45, 7) is 4.09. The zero-order valence-corrected chi connectivity index (χ0v) is 16.1. The number of amides is 1. The predicted molar refractivity (Wildman–Crippen MR) is 104 cm³/mol. The lowest BCUT2D eigenvalue weighted by atomic mass is 9.67. The van der Waals surface area contributed by atoms with Crippen LogP contribution in [0, 0.1) is 12.3 Å². The van der Waals surface area contributed by atoms with Crippen molar-refractivity contribution >= 4 is 17.7 Å². The third-order valence-corrected chi connectivity index (χ3v) is 4.91. The molecule has 0 radical (unpaired) electrons. The number of anilines is 1. The first-order valence-corrected chi connectivity index (χ1v) is 9.24. The van der Waals surface area contributed by atoms with Gasteiger partial charge < -0.3 is 20.7 Å². The molecule has 1 saturated carbocycles. The lowest BCUT2D eigenvalue weighted by molar-refractivity contribution is -0.116. The number of aromatic nitrogens is 1. The van der Waals surface area contributed by atoms with E-state index in [2.05, 4.69) is 25.9 Å². The molecule has 1 amide bonds. The van der Waals surface area contributed by atoms with Gasteiger partial charge in [-0.1, -0.05) is 12.5 Å². The van der Waals surface area contributed by atoms with E-state index in [-0.39, 0.29) is 5.91 Å². The molecule has 1 aromatic rings. The maximum Gasteiger partial charge on any atom is 0.227 e. The van der Waals surface area contributed by atoms with Gasteiger partial charge in [0, 0.05) is 46.0 Å². The second-order valence-electron chi connectivity index (χ2n) is 6.91. The molecule has 0 aliphatic heterocycles. The SMILES string of the molecule is CN=C(NCCC(=O)Nc1cccc(C)n1)NCC1(CCOC)CCC1. The molecule has 1 heterocycles. The number of aryl methyl sites for hydroxylation is 1. The highest BCUT2D eigenvalue weighted by atomic mass is 16.5. The van der Waals surface area contributed by atoms with Crippen molar-refractivity contribution in [3.05, 3.63) is 23.9 Å². The molecule has 26 heavy (non-hydrogen) atoms. The number of ether oxygens (including phenoxy) is 1. The highest BCUT2D eigenvalue weighted by molar-refractivity contribution is 5.90. The largest absolute Gasteiger partial charge is 0.385 e. The number of rotatable bonds is 9. The van der Waals surface area contributed by atoms with E-state index in [1.54, 1.807) is 20.2 Å². The van der Waals surface area contributed by atoms with E-state index in [4.69, 9.17) is 4.74 Å². The number of hydrogen-bond acceptors (Lipinski definition) is 4. The van der Waals surface area contributed by atoms with Crippen molar-refractivity contribution in [2.45, 2.75) is 39.0 Å². The van der Waals surface area contributed by atoms with Crippen molar-refractivity contribution in [1.29, 1.82) is 0 Å². The van der Waals surface area contributed by atoms with E-state index in [9.17, 15) is 4.79 Å². The van der Waals surface area contributed by atoms with E-state index in [1.807, 2.05) is 19.1 Å². The summed E-state index contributed by atoms with van der Waals surface area (Å²) in [4.78, 5) is 20.5. The number of pyridine rings is 1. The van der Waals surface area contributed by atoms with Crippen LogP contribution in [0.2, 0.25) is 0 Å². The van der Waals surface area contributed by atoms with Crippen LogP contribution in [0.5, 0.6) is 0 Å². The van der Waals surface area contributed by atoms with Crippen molar-refractivity contribution in [2.75, 3.05) is 39.2 Å². The van der Waals surface area contributed by atoms with Crippen LogP contribution >= 0.6 is 0 Å². The number of nitrogens with zero attached hydrogens (tertiary/aromatic N) is 2. The Morgan fingerprint density at radius 3 is 2.77 bits per heavy atom. The maximum atomic E-state index is 12.0. The first kappa shape index (κ1) is 20.2. The van der Waals surface area contributed by atoms with Crippen LogP contribution in [0.1, 0.15) is 37.8 Å². The number of guanidine groups is 1. The Balaban J connectivity index is 1.69. The molecule has 1 aliphatic carbocycles. The van der Waals surface area contributed by atoms with E-state index >= 15 is 0 Å². The molecule has 7 nitrogen and oxygen atoms in total. The molecule has 1 aromatic heterocycles. The minimum absolute atomic E-state index is 0.0680. The van der Waals surface area contributed by atoms with Gasteiger partial charge in [0.2, 0.25) is 5.91 Å². The van der Waals surface area contributed by atoms with Crippen molar-refractivity contribution in [3.8, 4) is 0 Å². The van der Waals surface area contributed by atoms with Gasteiger partial charge in [0.05, 0.1) is 0 Å². The Bertz CT molecular complexity index is 614. The molecule has 2 rings (SSSR count). The molecule has 0 bridgehead atoms. The molecule has 0 saturated heterocycles. The monoisotopic (exact) mass is 361 g/mol. The van der Waals surface area contributed by atoms with E-state index in [0.29, 0.717) is 24.2 Å². The molecule has 0 unspecified atom stereocenters. The number of carbonyl (C=O) groups is 1. The normalized spacial score (nSPS) is 15.9. The standard InChI is InChI=1S/C19H31N5O2/c1-15-6-4-7-16(23-15)24-17(25)8-12-21-18(20-2)22-14-19(9-5-10-19)11-13-26-3/h4,6-7H,5,8-14H2,1-3H3,(H2,20,21,22)(H,23,24,25). The summed E-state index contributed by atoms with van der Waals surface area (Å²) in [5.74, 6) is 1.25. The number of aliphatic imine (C=N–C) groups is 1. The average Bonchev–Trinajstić information content (AvgIpc) is 2.58. The topological polar surface area (TPSA) is 87.6 Å². The van der Waals surface area contributed by atoms with Gasteiger partial charge >= 0.3 is 0 Å². The molecule has 0 atom stereocenters. The van der Waals surface area contributed by atoms with Gasteiger partial charge in [-0.05, 0) is 43.7 Å². The second-order valence-corrected chi connectivity index (χ2v) is 6.91. The lowest BCUT2D eigenvalue weighted by Crippen LogP contribution is -2.47. The molecular formula is C19H31N5O2. The summed E-state index contributed by atoms with van der Waals surface area (Å²) in [5, 5.41) is 9.40. The van der Waals surface area contributed by atoms with Crippen molar-refractivity contribution < 1.29 is 9.53 Å². The van der Waals surface area contributed by atoms with E-state index < -0.39 is 0 Å². The number of hydrogen-bond donors (Lipinski definition) is 3. The summed E-state index contributed by atoms with van der Waals surface area (Å²) < 4.78 is 5.23. The zero-order valence-electron chi connectivity index (χ0n) is 16.1. The van der Waals surface area contributed by atoms with Gasteiger partial charge in [-0.2, -0.15) is 0 Å². The summed E-state index contributed by atoms with van der Waals surface area (Å²) in [6, 6.07) is 5.56. The third kappa shape index (κ3) is 6.29. The van der Waals surface area contributed by atoms with E-state index in [0.717, 1.165) is 31.2 Å². The van der Waals surface area contributed by atoms with Gasteiger partial charge in [-0.25, -0.2) is 4.98 Å². The average molecular weight is 361 g/mol. The van der Waals surface area contributed by atoms with Crippen LogP contribution in [0.25, 0.3) is 0 Å². The molecule has 1 aliphatic rings. The smallest absolute Gasteiger partial charge is 0.227 e. The van der Waals surface area contributed by atoms with E-state index in [1.165, 1.54) is 19.3 Å².